The molecule has 7 nitrogen and oxygen atoms in total. The van der Waals surface area contributed by atoms with Gasteiger partial charge in [0.1, 0.15) is 18.1 Å². The van der Waals surface area contributed by atoms with E-state index >= 15 is 0 Å². The van der Waals surface area contributed by atoms with Crippen molar-refractivity contribution in [1.29, 1.82) is 0 Å². The van der Waals surface area contributed by atoms with Crippen LogP contribution in [0.25, 0.3) is 5.76 Å². The maximum atomic E-state index is 13.0. The zero-order chi connectivity index (χ0) is 24.1. The van der Waals surface area contributed by atoms with Crippen molar-refractivity contribution in [3.63, 3.8) is 0 Å². The average molecular weight is 459 g/mol. The van der Waals surface area contributed by atoms with Gasteiger partial charge >= 0.3 is 0 Å². The molecule has 1 aliphatic rings. The van der Waals surface area contributed by atoms with Gasteiger partial charge in [0.15, 0.2) is 0 Å². The van der Waals surface area contributed by atoms with Crippen molar-refractivity contribution >= 4 is 17.4 Å². The van der Waals surface area contributed by atoms with Crippen LogP contribution in [0.15, 0.2) is 78.6 Å². The third-order valence-corrected chi connectivity index (χ3v) is 5.80. The number of pyridine rings is 1. The Bertz CT molecular complexity index is 1210. The first kappa shape index (κ1) is 23.2. The molecule has 3 aromatic rings. The lowest BCUT2D eigenvalue weighted by molar-refractivity contribution is -0.140. The molecule has 0 unspecified atom stereocenters. The number of aryl methyl sites for hydroxylation is 1. The number of ether oxygens (including phenoxy) is 2. The molecule has 0 saturated carbocycles. The van der Waals surface area contributed by atoms with E-state index in [1.165, 1.54) is 12.0 Å². The number of ketones is 1. The highest BCUT2D eigenvalue weighted by Gasteiger charge is 2.46. The summed E-state index contributed by atoms with van der Waals surface area (Å²) in [6.45, 7) is 2.72. The molecule has 1 amide bonds. The third kappa shape index (κ3) is 4.70. The summed E-state index contributed by atoms with van der Waals surface area (Å²) in [6.07, 6.45) is 3.19. The summed E-state index contributed by atoms with van der Waals surface area (Å²) < 4.78 is 11.0. The van der Waals surface area contributed by atoms with Crippen LogP contribution >= 0.6 is 0 Å². The molecule has 0 bridgehead atoms. The Hall–Kier alpha value is -3.97. The zero-order valence-corrected chi connectivity index (χ0v) is 19.1. The van der Waals surface area contributed by atoms with Gasteiger partial charge in [-0.15, -0.1) is 0 Å². The second kappa shape index (κ2) is 10.3. The normalized spacial score (nSPS) is 17.2. The van der Waals surface area contributed by atoms with Crippen LogP contribution in [0.2, 0.25) is 0 Å². The van der Waals surface area contributed by atoms with Crippen LogP contribution in [-0.2, 0) is 20.9 Å². The fourth-order valence-corrected chi connectivity index (χ4v) is 4.07. The van der Waals surface area contributed by atoms with Crippen molar-refractivity contribution < 1.29 is 24.2 Å². The molecular weight excluding hydrogens is 432 g/mol. The number of Topliss-reactive ketones (excluding diaryl/α,β-unsaturated/α-hetero) is 1. The standard InChI is InChI=1S/C27H26N2O5/c1-18-16-21(34-17-19-6-4-3-5-7-19)8-9-22(18)25(30)23-24(20-10-12-28-13-11-20)29(14-15-33-2)27(32)26(23)31/h3-13,16,24,30H,14-15,17H2,1-2H3/t24-/m1/s1. The van der Waals surface area contributed by atoms with Gasteiger partial charge in [-0.2, -0.15) is 0 Å². The summed E-state index contributed by atoms with van der Waals surface area (Å²) in [6, 6.07) is 17.8. The van der Waals surface area contributed by atoms with E-state index in [1.54, 1.807) is 42.7 Å². The van der Waals surface area contributed by atoms with E-state index in [9.17, 15) is 14.7 Å². The number of methoxy groups -OCH3 is 1. The van der Waals surface area contributed by atoms with E-state index in [0.29, 0.717) is 23.5 Å². The van der Waals surface area contributed by atoms with Crippen LogP contribution in [0.3, 0.4) is 0 Å². The van der Waals surface area contributed by atoms with Crippen molar-refractivity contribution in [3.8, 4) is 5.75 Å². The molecule has 1 saturated heterocycles. The molecule has 1 aromatic heterocycles. The smallest absolute Gasteiger partial charge is 0.295 e. The van der Waals surface area contributed by atoms with Crippen molar-refractivity contribution in [1.82, 2.24) is 9.88 Å². The minimum atomic E-state index is -0.730. The fraction of sp³-hybridized carbons (Fsp3) is 0.222. The average Bonchev–Trinajstić information content (AvgIpc) is 3.12. The monoisotopic (exact) mass is 458 g/mol. The molecule has 2 heterocycles. The topological polar surface area (TPSA) is 89.0 Å². The highest BCUT2D eigenvalue weighted by atomic mass is 16.5. The number of benzene rings is 2. The number of hydrogen-bond donors (Lipinski definition) is 1. The Labute approximate surface area is 198 Å². The van der Waals surface area contributed by atoms with E-state index in [1.807, 2.05) is 37.3 Å². The third-order valence-electron chi connectivity index (χ3n) is 5.80. The van der Waals surface area contributed by atoms with Gasteiger partial charge in [0.25, 0.3) is 11.7 Å². The number of carbonyl (C=O) groups is 2. The quantitative estimate of drug-likeness (QED) is 0.311. The summed E-state index contributed by atoms with van der Waals surface area (Å²) in [4.78, 5) is 31.3. The number of hydrogen-bond acceptors (Lipinski definition) is 6. The Balaban J connectivity index is 1.68. The molecule has 2 aromatic carbocycles. The number of aromatic nitrogens is 1. The summed E-state index contributed by atoms with van der Waals surface area (Å²) in [7, 11) is 1.53. The Morgan fingerprint density at radius 1 is 1.06 bits per heavy atom. The van der Waals surface area contributed by atoms with E-state index in [-0.39, 0.29) is 24.5 Å². The number of aliphatic hydroxyl groups is 1. The van der Waals surface area contributed by atoms with Crippen molar-refractivity contribution in [3.05, 3.63) is 101 Å². The van der Waals surface area contributed by atoms with Crippen molar-refractivity contribution in [2.75, 3.05) is 20.3 Å². The Morgan fingerprint density at radius 3 is 2.47 bits per heavy atom. The van der Waals surface area contributed by atoms with Gasteiger partial charge in [-0.25, -0.2) is 0 Å². The minimum Gasteiger partial charge on any atom is -0.507 e. The molecule has 0 spiro atoms. The van der Waals surface area contributed by atoms with Gasteiger partial charge in [-0.05, 0) is 53.9 Å². The zero-order valence-electron chi connectivity index (χ0n) is 19.1. The van der Waals surface area contributed by atoms with E-state index in [0.717, 1.165) is 11.1 Å². The lowest BCUT2D eigenvalue weighted by atomic mass is 9.94. The molecule has 1 fully saturated rings. The number of rotatable bonds is 8. The van der Waals surface area contributed by atoms with E-state index in [2.05, 4.69) is 4.98 Å². The SMILES string of the molecule is COCCN1C(=O)C(=O)C(=C(O)c2ccc(OCc3ccccc3)cc2C)[C@H]1c1ccncc1. The van der Waals surface area contributed by atoms with Crippen LogP contribution in [0.1, 0.15) is 28.3 Å². The van der Waals surface area contributed by atoms with Crippen LogP contribution in [0.4, 0.5) is 0 Å². The second-order valence-corrected chi connectivity index (χ2v) is 8.02. The predicted molar refractivity (Wildman–Crippen MR) is 127 cm³/mol. The van der Waals surface area contributed by atoms with Crippen LogP contribution < -0.4 is 4.74 Å². The fourth-order valence-electron chi connectivity index (χ4n) is 4.07. The van der Waals surface area contributed by atoms with E-state index in [4.69, 9.17) is 9.47 Å². The van der Waals surface area contributed by atoms with Gasteiger partial charge in [0.2, 0.25) is 0 Å². The first-order valence-corrected chi connectivity index (χ1v) is 11.0. The summed E-state index contributed by atoms with van der Waals surface area (Å²) in [5.74, 6) is -0.962. The van der Waals surface area contributed by atoms with Crippen LogP contribution in [0, 0.1) is 6.92 Å². The molecule has 1 aliphatic heterocycles. The largest absolute Gasteiger partial charge is 0.507 e. The van der Waals surface area contributed by atoms with Gasteiger partial charge in [-0.3, -0.25) is 14.6 Å². The minimum absolute atomic E-state index is 0.0494. The maximum absolute atomic E-state index is 13.0. The van der Waals surface area contributed by atoms with Gasteiger partial charge < -0.3 is 19.5 Å². The summed E-state index contributed by atoms with van der Waals surface area (Å²) in [5, 5.41) is 11.3. The van der Waals surface area contributed by atoms with Crippen molar-refractivity contribution in [2.45, 2.75) is 19.6 Å². The Morgan fingerprint density at radius 2 is 1.79 bits per heavy atom. The Kier molecular flexibility index (Phi) is 7.04. The second-order valence-electron chi connectivity index (χ2n) is 8.02. The van der Waals surface area contributed by atoms with Gasteiger partial charge in [-0.1, -0.05) is 30.3 Å². The molecular formula is C27H26N2O5. The first-order valence-electron chi connectivity index (χ1n) is 11.0. The molecule has 174 valence electrons. The van der Waals surface area contributed by atoms with Crippen LogP contribution in [0.5, 0.6) is 5.75 Å². The van der Waals surface area contributed by atoms with Crippen molar-refractivity contribution in [2.24, 2.45) is 0 Å². The molecule has 34 heavy (non-hydrogen) atoms. The molecule has 7 heteroatoms. The number of aliphatic hydroxyl groups excluding tert-OH is 1. The lowest BCUT2D eigenvalue weighted by Gasteiger charge is -2.25. The predicted octanol–water partition coefficient (Wildman–Crippen LogP) is 4.04. The van der Waals surface area contributed by atoms with E-state index < -0.39 is 17.7 Å². The molecule has 4 rings (SSSR count). The highest BCUT2D eigenvalue weighted by Crippen LogP contribution is 2.39. The van der Waals surface area contributed by atoms with Gasteiger partial charge in [0, 0.05) is 31.6 Å². The van der Waals surface area contributed by atoms with Gasteiger partial charge in [0.05, 0.1) is 18.2 Å². The first-order chi connectivity index (χ1) is 16.5. The molecule has 0 radical (unpaired) electrons. The molecule has 1 atom stereocenters. The lowest BCUT2D eigenvalue weighted by Crippen LogP contribution is -2.32. The molecule has 1 N–H and O–H groups in total. The number of amides is 1. The highest BCUT2D eigenvalue weighted by molar-refractivity contribution is 6.46. The van der Waals surface area contributed by atoms with Crippen LogP contribution in [-0.4, -0.2) is 46.9 Å². The number of likely N-dealkylation sites (tertiary alicyclic amines) is 1. The molecule has 0 aliphatic carbocycles. The summed E-state index contributed by atoms with van der Waals surface area (Å²) >= 11 is 0. The number of carbonyl (C=O) groups excluding carboxylic acids is 2. The maximum Gasteiger partial charge on any atom is 0.295 e. The number of nitrogens with zero attached hydrogens (tertiary/aromatic N) is 2. The summed E-state index contributed by atoms with van der Waals surface area (Å²) in [5.41, 5.74) is 2.97.